The van der Waals surface area contributed by atoms with Crippen LogP contribution < -0.4 is 5.73 Å². The lowest BCUT2D eigenvalue weighted by molar-refractivity contribution is -0.135. The van der Waals surface area contributed by atoms with E-state index in [0.29, 0.717) is 38.1 Å². The molecule has 0 aromatic heterocycles. The van der Waals surface area contributed by atoms with E-state index in [-0.39, 0.29) is 11.8 Å². The van der Waals surface area contributed by atoms with Gasteiger partial charge in [-0.1, -0.05) is 6.92 Å². The number of rotatable bonds is 8. The van der Waals surface area contributed by atoms with Gasteiger partial charge >= 0.3 is 0 Å². The summed E-state index contributed by atoms with van der Waals surface area (Å²) in [4.78, 5) is 14.2. The summed E-state index contributed by atoms with van der Waals surface area (Å²) in [6.45, 7) is 6.05. The third-order valence-corrected chi connectivity index (χ3v) is 3.58. The summed E-state index contributed by atoms with van der Waals surface area (Å²) in [6, 6.07) is 0.350. The standard InChI is InChI=1S/C13H26N2O2/c1-10(9-14)8-13(16)15(6-7-17-3)11(2)12-4-5-12/h10-12H,4-9,14H2,1-3H3. The van der Waals surface area contributed by atoms with Crippen LogP contribution in [0.5, 0.6) is 0 Å². The quantitative estimate of drug-likeness (QED) is 0.697. The van der Waals surface area contributed by atoms with Crippen LogP contribution in [0.3, 0.4) is 0 Å². The molecule has 0 aromatic carbocycles. The van der Waals surface area contributed by atoms with Crippen molar-refractivity contribution in [2.75, 3.05) is 26.8 Å². The second kappa shape index (κ2) is 6.97. The zero-order chi connectivity index (χ0) is 12.8. The van der Waals surface area contributed by atoms with Gasteiger partial charge in [0.2, 0.25) is 5.91 Å². The maximum absolute atomic E-state index is 12.2. The molecule has 0 saturated heterocycles. The fraction of sp³-hybridized carbons (Fsp3) is 0.923. The molecule has 17 heavy (non-hydrogen) atoms. The Hall–Kier alpha value is -0.610. The highest BCUT2D eigenvalue weighted by atomic mass is 16.5. The van der Waals surface area contributed by atoms with Gasteiger partial charge in [-0.3, -0.25) is 4.79 Å². The smallest absolute Gasteiger partial charge is 0.223 e. The lowest BCUT2D eigenvalue weighted by Crippen LogP contribution is -2.42. The molecule has 1 aliphatic rings. The normalized spacial score (nSPS) is 18.8. The van der Waals surface area contributed by atoms with Crippen LogP contribution in [0.25, 0.3) is 0 Å². The third kappa shape index (κ3) is 4.64. The van der Waals surface area contributed by atoms with Crippen molar-refractivity contribution in [3.05, 3.63) is 0 Å². The summed E-state index contributed by atoms with van der Waals surface area (Å²) < 4.78 is 5.09. The SMILES string of the molecule is COCCN(C(=O)CC(C)CN)C(C)C1CC1. The minimum atomic E-state index is 0.222. The number of hydrogen-bond donors (Lipinski definition) is 1. The number of amides is 1. The van der Waals surface area contributed by atoms with Gasteiger partial charge in [0, 0.05) is 26.1 Å². The zero-order valence-electron chi connectivity index (χ0n) is 11.3. The van der Waals surface area contributed by atoms with Gasteiger partial charge in [-0.2, -0.15) is 0 Å². The molecule has 1 amide bonds. The average molecular weight is 242 g/mol. The Labute approximate surface area is 104 Å². The predicted molar refractivity (Wildman–Crippen MR) is 68.6 cm³/mol. The van der Waals surface area contributed by atoms with Crippen LogP contribution in [0.1, 0.15) is 33.1 Å². The second-order valence-electron chi connectivity index (χ2n) is 5.20. The maximum atomic E-state index is 12.2. The van der Waals surface area contributed by atoms with E-state index in [4.69, 9.17) is 10.5 Å². The molecule has 0 bridgehead atoms. The third-order valence-electron chi connectivity index (χ3n) is 3.58. The molecule has 0 spiro atoms. The van der Waals surface area contributed by atoms with Crippen LogP contribution in [-0.2, 0) is 9.53 Å². The van der Waals surface area contributed by atoms with E-state index in [1.165, 1.54) is 12.8 Å². The molecule has 2 atom stereocenters. The number of carbonyl (C=O) groups is 1. The number of nitrogens with zero attached hydrogens (tertiary/aromatic N) is 1. The van der Waals surface area contributed by atoms with Crippen molar-refractivity contribution in [2.45, 2.75) is 39.2 Å². The number of methoxy groups -OCH3 is 1. The van der Waals surface area contributed by atoms with Crippen LogP contribution in [0, 0.1) is 11.8 Å². The van der Waals surface area contributed by atoms with Crippen molar-refractivity contribution >= 4 is 5.91 Å². The molecule has 1 rings (SSSR count). The largest absolute Gasteiger partial charge is 0.383 e. The summed E-state index contributed by atoms with van der Waals surface area (Å²) in [5.41, 5.74) is 5.57. The van der Waals surface area contributed by atoms with E-state index in [1.54, 1.807) is 7.11 Å². The van der Waals surface area contributed by atoms with Crippen LogP contribution in [0.2, 0.25) is 0 Å². The monoisotopic (exact) mass is 242 g/mol. The first-order valence-corrected chi connectivity index (χ1v) is 6.58. The van der Waals surface area contributed by atoms with Crippen molar-refractivity contribution < 1.29 is 9.53 Å². The summed E-state index contributed by atoms with van der Waals surface area (Å²) >= 11 is 0. The minimum Gasteiger partial charge on any atom is -0.383 e. The van der Waals surface area contributed by atoms with Crippen molar-refractivity contribution in [3.63, 3.8) is 0 Å². The Morgan fingerprint density at radius 1 is 1.47 bits per heavy atom. The molecule has 1 saturated carbocycles. The van der Waals surface area contributed by atoms with Crippen LogP contribution >= 0.6 is 0 Å². The lowest BCUT2D eigenvalue weighted by atomic mass is 10.1. The Kier molecular flexibility index (Phi) is 5.92. The van der Waals surface area contributed by atoms with Gasteiger partial charge in [-0.25, -0.2) is 0 Å². The Morgan fingerprint density at radius 2 is 2.12 bits per heavy atom. The highest BCUT2D eigenvalue weighted by molar-refractivity contribution is 5.76. The molecular weight excluding hydrogens is 216 g/mol. The minimum absolute atomic E-state index is 0.222. The molecule has 1 fully saturated rings. The Bertz CT molecular complexity index is 242. The molecule has 2 N–H and O–H groups in total. The van der Waals surface area contributed by atoms with E-state index >= 15 is 0 Å². The molecule has 0 aliphatic heterocycles. The Balaban J connectivity index is 2.50. The van der Waals surface area contributed by atoms with Gasteiger partial charge in [-0.05, 0) is 38.1 Å². The van der Waals surface area contributed by atoms with Gasteiger partial charge in [0.05, 0.1) is 6.61 Å². The Morgan fingerprint density at radius 3 is 2.59 bits per heavy atom. The number of ether oxygens (including phenoxy) is 1. The first-order chi connectivity index (χ1) is 8.10. The van der Waals surface area contributed by atoms with Crippen LogP contribution in [-0.4, -0.2) is 43.7 Å². The second-order valence-corrected chi connectivity index (χ2v) is 5.20. The molecular formula is C13H26N2O2. The van der Waals surface area contributed by atoms with Gasteiger partial charge in [0.15, 0.2) is 0 Å². The highest BCUT2D eigenvalue weighted by Gasteiger charge is 2.34. The van der Waals surface area contributed by atoms with Crippen molar-refractivity contribution in [1.29, 1.82) is 0 Å². The van der Waals surface area contributed by atoms with Crippen molar-refractivity contribution in [2.24, 2.45) is 17.6 Å². The number of nitrogens with two attached hydrogens (primary N) is 1. The average Bonchev–Trinajstić information content (AvgIpc) is 3.12. The molecule has 4 heteroatoms. The van der Waals surface area contributed by atoms with Crippen molar-refractivity contribution in [3.8, 4) is 0 Å². The molecule has 1 aliphatic carbocycles. The van der Waals surface area contributed by atoms with Gasteiger partial charge in [-0.15, -0.1) is 0 Å². The van der Waals surface area contributed by atoms with Gasteiger partial charge in [0.25, 0.3) is 0 Å². The summed E-state index contributed by atoms with van der Waals surface area (Å²) in [6.07, 6.45) is 3.06. The molecule has 0 radical (unpaired) electrons. The fourth-order valence-electron chi connectivity index (χ4n) is 2.08. The predicted octanol–water partition coefficient (Wildman–Crippen LogP) is 1.24. The molecule has 4 nitrogen and oxygen atoms in total. The summed E-state index contributed by atoms with van der Waals surface area (Å²) in [5.74, 6) is 1.18. The zero-order valence-corrected chi connectivity index (χ0v) is 11.3. The van der Waals surface area contributed by atoms with Gasteiger partial charge in [0.1, 0.15) is 0 Å². The molecule has 2 unspecified atom stereocenters. The summed E-state index contributed by atoms with van der Waals surface area (Å²) in [7, 11) is 1.67. The van der Waals surface area contributed by atoms with E-state index in [0.717, 1.165) is 0 Å². The maximum Gasteiger partial charge on any atom is 0.223 e. The van der Waals surface area contributed by atoms with Gasteiger partial charge < -0.3 is 15.4 Å². The van der Waals surface area contributed by atoms with Crippen LogP contribution in [0.15, 0.2) is 0 Å². The highest BCUT2D eigenvalue weighted by Crippen LogP contribution is 2.35. The molecule has 100 valence electrons. The topological polar surface area (TPSA) is 55.6 Å². The van der Waals surface area contributed by atoms with E-state index in [1.807, 2.05) is 11.8 Å². The van der Waals surface area contributed by atoms with Crippen molar-refractivity contribution in [1.82, 2.24) is 4.90 Å². The number of hydrogen-bond acceptors (Lipinski definition) is 3. The first-order valence-electron chi connectivity index (χ1n) is 6.58. The lowest BCUT2D eigenvalue weighted by Gasteiger charge is -2.30. The molecule has 0 heterocycles. The van der Waals surface area contributed by atoms with E-state index in [2.05, 4.69) is 6.92 Å². The fourth-order valence-corrected chi connectivity index (χ4v) is 2.08. The van der Waals surface area contributed by atoms with Crippen LogP contribution in [0.4, 0.5) is 0 Å². The van der Waals surface area contributed by atoms with E-state index < -0.39 is 0 Å². The number of carbonyl (C=O) groups excluding carboxylic acids is 1. The van der Waals surface area contributed by atoms with E-state index in [9.17, 15) is 4.79 Å². The first kappa shape index (κ1) is 14.5. The summed E-state index contributed by atoms with van der Waals surface area (Å²) in [5, 5.41) is 0. The molecule has 0 aromatic rings.